The highest BCUT2D eigenvalue weighted by atomic mass is 16.7. The van der Waals surface area contributed by atoms with Crippen LogP contribution in [0.3, 0.4) is 0 Å². The first-order chi connectivity index (χ1) is 14.0. The first kappa shape index (κ1) is 21.3. The molecule has 7 heteroatoms. The molecular weight excluding hydrogens is 370 g/mol. The van der Waals surface area contributed by atoms with Crippen LogP contribution in [0, 0.1) is 17.8 Å². The molecule has 0 fully saturated rings. The third-order valence-electron chi connectivity index (χ3n) is 5.31. The Morgan fingerprint density at radius 1 is 1.38 bits per heavy atom. The molecular formula is C22H31N3O4. The fraction of sp³-hybridized carbons (Fsp3) is 0.545. The van der Waals surface area contributed by atoms with Gasteiger partial charge in [-0.3, -0.25) is 4.79 Å². The summed E-state index contributed by atoms with van der Waals surface area (Å²) in [5.74, 6) is 1.27. The number of carbonyl (C=O) groups is 1. The van der Waals surface area contributed by atoms with Crippen molar-refractivity contribution in [3.05, 3.63) is 41.9 Å². The van der Waals surface area contributed by atoms with Gasteiger partial charge in [-0.05, 0) is 49.8 Å². The maximum Gasteiger partial charge on any atom is 0.286 e. The standard InChI is InChI=1S/C22H31N3O4/c1-4-28-22-15(8-7-11-26)16(14(2)3)12-19(29-22)21(27)23-13-20-24-17-9-5-6-10-18(17)25-20/h5-6,9-10,12,14-16,22,26H,4,7-8,11,13H2,1-3H3,(H,23,27)(H,24,25)/t15-,16-,22-/m1/s1. The highest BCUT2D eigenvalue weighted by molar-refractivity contribution is 5.91. The summed E-state index contributed by atoms with van der Waals surface area (Å²) in [6, 6.07) is 7.75. The van der Waals surface area contributed by atoms with E-state index < -0.39 is 6.29 Å². The summed E-state index contributed by atoms with van der Waals surface area (Å²) < 4.78 is 11.8. The quantitative estimate of drug-likeness (QED) is 0.600. The second-order valence-corrected chi connectivity index (χ2v) is 7.71. The van der Waals surface area contributed by atoms with E-state index in [1.165, 1.54) is 0 Å². The predicted molar refractivity (Wildman–Crippen MR) is 111 cm³/mol. The minimum absolute atomic E-state index is 0.106. The summed E-state index contributed by atoms with van der Waals surface area (Å²) in [4.78, 5) is 20.5. The Balaban J connectivity index is 1.71. The highest BCUT2D eigenvalue weighted by Gasteiger charge is 2.38. The number of rotatable bonds is 9. The highest BCUT2D eigenvalue weighted by Crippen LogP contribution is 2.37. The van der Waals surface area contributed by atoms with Gasteiger partial charge in [0.2, 0.25) is 6.29 Å². The zero-order valence-electron chi connectivity index (χ0n) is 17.4. The van der Waals surface area contributed by atoms with Gasteiger partial charge < -0.3 is 24.9 Å². The molecule has 2 aromatic rings. The molecule has 29 heavy (non-hydrogen) atoms. The van der Waals surface area contributed by atoms with Gasteiger partial charge in [0.05, 0.1) is 17.6 Å². The third kappa shape index (κ3) is 5.16. The summed E-state index contributed by atoms with van der Waals surface area (Å²) >= 11 is 0. The molecule has 1 aliphatic rings. The van der Waals surface area contributed by atoms with Crippen LogP contribution in [0.5, 0.6) is 0 Å². The number of benzene rings is 1. The number of fused-ring (bicyclic) bond motifs is 1. The number of allylic oxidation sites excluding steroid dienone is 1. The Morgan fingerprint density at radius 3 is 2.86 bits per heavy atom. The smallest absolute Gasteiger partial charge is 0.286 e. The van der Waals surface area contributed by atoms with E-state index in [4.69, 9.17) is 9.47 Å². The van der Waals surface area contributed by atoms with E-state index in [-0.39, 0.29) is 30.9 Å². The molecule has 3 N–H and O–H groups in total. The largest absolute Gasteiger partial charge is 0.459 e. The van der Waals surface area contributed by atoms with Gasteiger partial charge in [-0.1, -0.05) is 26.0 Å². The molecule has 7 nitrogen and oxygen atoms in total. The summed E-state index contributed by atoms with van der Waals surface area (Å²) in [5.41, 5.74) is 1.81. The van der Waals surface area contributed by atoms with Crippen molar-refractivity contribution in [1.82, 2.24) is 15.3 Å². The van der Waals surface area contributed by atoms with E-state index in [1.54, 1.807) is 0 Å². The van der Waals surface area contributed by atoms with Gasteiger partial charge in [-0.2, -0.15) is 0 Å². The number of aromatic nitrogens is 2. The van der Waals surface area contributed by atoms with E-state index in [0.29, 0.717) is 30.5 Å². The molecule has 1 amide bonds. The van der Waals surface area contributed by atoms with E-state index in [1.807, 2.05) is 37.3 Å². The van der Waals surface area contributed by atoms with Crippen molar-refractivity contribution < 1.29 is 19.4 Å². The Morgan fingerprint density at radius 2 is 2.17 bits per heavy atom. The van der Waals surface area contributed by atoms with Gasteiger partial charge in [-0.25, -0.2) is 4.98 Å². The van der Waals surface area contributed by atoms with Crippen molar-refractivity contribution in [2.45, 2.75) is 46.4 Å². The number of hydrogen-bond donors (Lipinski definition) is 3. The van der Waals surface area contributed by atoms with Crippen LogP contribution in [-0.4, -0.2) is 40.5 Å². The second kappa shape index (κ2) is 9.89. The number of amides is 1. The van der Waals surface area contributed by atoms with Gasteiger partial charge in [-0.15, -0.1) is 0 Å². The summed E-state index contributed by atoms with van der Waals surface area (Å²) in [6.45, 7) is 7.09. The monoisotopic (exact) mass is 401 g/mol. The summed E-state index contributed by atoms with van der Waals surface area (Å²) in [6.07, 6.45) is 2.89. The molecule has 1 aromatic heterocycles. The van der Waals surface area contributed by atoms with Crippen molar-refractivity contribution in [3.63, 3.8) is 0 Å². The van der Waals surface area contributed by atoms with Gasteiger partial charge in [0, 0.05) is 19.1 Å². The number of para-hydroxylation sites is 2. The lowest BCUT2D eigenvalue weighted by molar-refractivity contribution is -0.175. The first-order valence-corrected chi connectivity index (χ1v) is 10.4. The molecule has 0 aliphatic carbocycles. The van der Waals surface area contributed by atoms with Crippen molar-refractivity contribution >= 4 is 16.9 Å². The molecule has 0 saturated carbocycles. The topological polar surface area (TPSA) is 96.5 Å². The second-order valence-electron chi connectivity index (χ2n) is 7.71. The molecule has 3 atom stereocenters. The van der Waals surface area contributed by atoms with E-state index in [2.05, 4.69) is 29.1 Å². The van der Waals surface area contributed by atoms with E-state index >= 15 is 0 Å². The Bertz CT molecular complexity index is 812. The number of aliphatic hydroxyl groups is 1. The van der Waals surface area contributed by atoms with Crippen molar-refractivity contribution in [2.24, 2.45) is 17.8 Å². The molecule has 158 valence electrons. The number of ether oxygens (including phenoxy) is 2. The lowest BCUT2D eigenvalue weighted by Crippen LogP contribution is -2.41. The zero-order chi connectivity index (χ0) is 20.8. The number of hydrogen-bond acceptors (Lipinski definition) is 5. The fourth-order valence-corrected chi connectivity index (χ4v) is 3.87. The van der Waals surface area contributed by atoms with Gasteiger partial charge in [0.15, 0.2) is 5.76 Å². The molecule has 1 aromatic carbocycles. The lowest BCUT2D eigenvalue weighted by atomic mass is 9.78. The maximum absolute atomic E-state index is 12.8. The molecule has 0 spiro atoms. The summed E-state index contributed by atoms with van der Waals surface area (Å²) in [5, 5.41) is 12.1. The molecule has 0 radical (unpaired) electrons. The van der Waals surface area contributed by atoms with Crippen molar-refractivity contribution in [3.8, 4) is 0 Å². The average molecular weight is 402 g/mol. The van der Waals surface area contributed by atoms with Crippen LogP contribution in [0.2, 0.25) is 0 Å². The minimum atomic E-state index is -0.490. The fourth-order valence-electron chi connectivity index (χ4n) is 3.87. The normalized spacial score (nSPS) is 21.8. The lowest BCUT2D eigenvalue weighted by Gasteiger charge is -2.38. The SMILES string of the molecule is CCO[C@@H]1OC(C(=O)NCc2nc3ccccc3[nH]2)=C[C@H](C(C)C)[C@H]1CCCO. The van der Waals surface area contributed by atoms with Crippen LogP contribution in [0.4, 0.5) is 0 Å². The Hall–Kier alpha value is -2.38. The van der Waals surface area contributed by atoms with Crippen LogP contribution in [0.25, 0.3) is 11.0 Å². The van der Waals surface area contributed by atoms with Crippen LogP contribution >= 0.6 is 0 Å². The molecule has 0 saturated heterocycles. The predicted octanol–water partition coefficient (Wildman–Crippen LogP) is 3.12. The number of aromatic amines is 1. The third-order valence-corrected chi connectivity index (χ3v) is 5.31. The zero-order valence-corrected chi connectivity index (χ0v) is 17.4. The number of nitrogens with zero attached hydrogens (tertiary/aromatic N) is 1. The molecule has 0 bridgehead atoms. The summed E-state index contributed by atoms with van der Waals surface area (Å²) in [7, 11) is 0. The Labute approximate surface area is 171 Å². The number of carbonyl (C=O) groups excluding carboxylic acids is 1. The number of imidazole rings is 1. The molecule has 0 unspecified atom stereocenters. The number of nitrogens with one attached hydrogen (secondary N) is 2. The maximum atomic E-state index is 12.8. The number of aliphatic hydroxyl groups excluding tert-OH is 1. The first-order valence-electron chi connectivity index (χ1n) is 10.4. The van der Waals surface area contributed by atoms with Gasteiger partial charge in [0.25, 0.3) is 5.91 Å². The van der Waals surface area contributed by atoms with Crippen LogP contribution < -0.4 is 5.32 Å². The van der Waals surface area contributed by atoms with E-state index in [9.17, 15) is 9.90 Å². The van der Waals surface area contributed by atoms with Crippen LogP contribution in [-0.2, 0) is 20.8 Å². The van der Waals surface area contributed by atoms with Crippen molar-refractivity contribution in [2.75, 3.05) is 13.2 Å². The van der Waals surface area contributed by atoms with E-state index in [0.717, 1.165) is 17.5 Å². The molecule has 3 rings (SSSR count). The number of H-pyrrole nitrogens is 1. The van der Waals surface area contributed by atoms with Crippen LogP contribution in [0.1, 0.15) is 39.4 Å². The minimum Gasteiger partial charge on any atom is -0.459 e. The van der Waals surface area contributed by atoms with Crippen LogP contribution in [0.15, 0.2) is 36.1 Å². The van der Waals surface area contributed by atoms with Gasteiger partial charge in [0.1, 0.15) is 5.82 Å². The van der Waals surface area contributed by atoms with Gasteiger partial charge >= 0.3 is 0 Å². The Kier molecular flexibility index (Phi) is 7.28. The van der Waals surface area contributed by atoms with Crippen molar-refractivity contribution in [1.29, 1.82) is 0 Å². The average Bonchev–Trinajstić information content (AvgIpc) is 3.13. The molecule has 2 heterocycles. The molecule has 1 aliphatic heterocycles.